The topological polar surface area (TPSA) is 0 Å². The smallest absolute Gasteiger partial charge is 0.244 e. The average molecular weight is 1270 g/mol. The number of halogens is 10. The first-order valence-corrected chi connectivity index (χ1v) is 37.0. The molecule has 0 aromatic heterocycles. The molecule has 0 saturated heterocycles. The fourth-order valence-electron chi connectivity index (χ4n) is 12.9. The second kappa shape index (κ2) is 38.7. The van der Waals surface area contributed by atoms with Crippen molar-refractivity contribution >= 4 is 0 Å². The molecular formula is C78H146F10. The Labute approximate surface area is 539 Å². The van der Waals surface area contributed by atoms with Crippen molar-refractivity contribution in [2.45, 2.75) is 425 Å². The third kappa shape index (κ3) is 35.2. The summed E-state index contributed by atoms with van der Waals surface area (Å²) < 4.78 is 125. The molecule has 0 amide bonds. The van der Waals surface area contributed by atoms with Gasteiger partial charge in [-0.2, -0.15) is 13.2 Å². The molecule has 0 N–H and O–H groups in total. The first-order valence-electron chi connectivity index (χ1n) is 37.0. The van der Waals surface area contributed by atoms with E-state index in [0.29, 0.717) is 42.9 Å². The SMILES string of the molecule is CC1(C)CC1.CC1(C)CCC1.CC1(C)CCCC1.CC1C(F)C(F)C(F)C(F)C1F.CC1CCC(C)(C(F)(F)F)CC1.CC1CCC(C)CC1.CC1CCC(F)(F)CC1.CCC1(C)CC1.CCC1(C)CCC1.CCC1(C)CCCC1.CCC1(C)CCCC1. The van der Waals surface area contributed by atoms with Crippen LogP contribution in [-0.4, -0.2) is 43.0 Å². The van der Waals surface area contributed by atoms with Gasteiger partial charge in [0.2, 0.25) is 5.92 Å². The molecule has 0 aromatic rings. The molecular weight excluding hydrogens is 1130 g/mol. The Morgan fingerprint density at radius 3 is 0.670 bits per heavy atom. The van der Waals surface area contributed by atoms with Gasteiger partial charge in [0.15, 0.2) is 18.5 Å². The summed E-state index contributed by atoms with van der Waals surface area (Å²) in [5.41, 5.74) is 3.79. The van der Waals surface area contributed by atoms with Crippen molar-refractivity contribution in [3.8, 4) is 0 Å². The lowest BCUT2D eigenvalue weighted by Crippen LogP contribution is -2.52. The van der Waals surface area contributed by atoms with Crippen LogP contribution in [0.25, 0.3) is 0 Å². The Kier molecular flexibility index (Phi) is 37.6. The number of alkyl halides is 10. The van der Waals surface area contributed by atoms with Gasteiger partial charge in [0.05, 0.1) is 5.41 Å². The zero-order valence-corrected chi connectivity index (χ0v) is 61.4. The van der Waals surface area contributed by atoms with Crippen LogP contribution in [0, 0.1) is 72.9 Å². The highest BCUT2D eigenvalue weighted by atomic mass is 19.4. The van der Waals surface area contributed by atoms with Crippen LogP contribution < -0.4 is 0 Å². The molecule has 4 unspecified atom stereocenters. The molecule has 10 heteroatoms. The van der Waals surface area contributed by atoms with Gasteiger partial charge in [-0.15, -0.1) is 0 Å². The van der Waals surface area contributed by atoms with E-state index in [1.807, 2.05) is 13.8 Å². The molecule has 11 rings (SSSR count). The van der Waals surface area contributed by atoms with Crippen molar-refractivity contribution in [1.29, 1.82) is 0 Å². The van der Waals surface area contributed by atoms with Gasteiger partial charge in [-0.3, -0.25) is 0 Å². The lowest BCUT2D eigenvalue weighted by atomic mass is 9.69. The minimum atomic E-state index is -4.01. The Morgan fingerprint density at radius 2 is 0.500 bits per heavy atom. The fourth-order valence-corrected chi connectivity index (χ4v) is 12.9. The van der Waals surface area contributed by atoms with E-state index in [1.165, 1.54) is 200 Å². The minimum absolute atomic E-state index is 0.105. The molecule has 88 heavy (non-hydrogen) atoms. The molecule has 11 aliphatic rings. The lowest BCUT2D eigenvalue weighted by Gasteiger charge is -2.37. The zero-order valence-electron chi connectivity index (χ0n) is 61.4. The maximum atomic E-state index is 12.6. The van der Waals surface area contributed by atoms with Gasteiger partial charge in [0.25, 0.3) is 0 Å². The van der Waals surface area contributed by atoms with E-state index in [2.05, 4.69) is 111 Å². The van der Waals surface area contributed by atoms with E-state index in [4.69, 9.17) is 0 Å². The molecule has 11 fully saturated rings. The third-order valence-electron chi connectivity index (χ3n) is 24.2. The van der Waals surface area contributed by atoms with E-state index < -0.39 is 54.3 Å². The summed E-state index contributed by atoms with van der Waals surface area (Å²) >= 11 is 0. The van der Waals surface area contributed by atoms with E-state index in [0.717, 1.165) is 64.1 Å². The molecule has 0 nitrogen and oxygen atoms in total. The number of rotatable bonds is 4. The van der Waals surface area contributed by atoms with Crippen LogP contribution >= 0.6 is 0 Å². The Morgan fingerprint density at radius 1 is 0.284 bits per heavy atom. The van der Waals surface area contributed by atoms with Crippen LogP contribution in [0.4, 0.5) is 43.9 Å². The summed E-state index contributed by atoms with van der Waals surface area (Å²) in [4.78, 5) is 0. The van der Waals surface area contributed by atoms with Crippen LogP contribution in [0.5, 0.6) is 0 Å². The lowest BCUT2D eigenvalue weighted by molar-refractivity contribution is -0.229. The quantitative estimate of drug-likeness (QED) is 0.246. The predicted molar refractivity (Wildman–Crippen MR) is 361 cm³/mol. The highest BCUT2D eigenvalue weighted by Crippen LogP contribution is 2.51. The minimum Gasteiger partial charge on any atom is -0.244 e. The summed E-state index contributed by atoms with van der Waals surface area (Å²) in [6.45, 7) is 43.9. The van der Waals surface area contributed by atoms with Crippen LogP contribution in [0.15, 0.2) is 0 Å². The summed E-state index contributed by atoms with van der Waals surface area (Å²) in [6.07, 6.45) is 31.1. The molecule has 0 spiro atoms. The summed E-state index contributed by atoms with van der Waals surface area (Å²) in [7, 11) is 0. The van der Waals surface area contributed by atoms with Gasteiger partial charge in [-0.1, -0.05) is 241 Å². The Hall–Kier alpha value is -0.700. The largest absolute Gasteiger partial charge is 0.394 e. The second-order valence-electron chi connectivity index (χ2n) is 35.2. The first kappa shape index (κ1) is 85.3. The zero-order chi connectivity index (χ0) is 67.6. The van der Waals surface area contributed by atoms with Gasteiger partial charge in [0.1, 0.15) is 12.3 Å². The van der Waals surface area contributed by atoms with E-state index in [1.54, 1.807) is 0 Å². The molecule has 528 valence electrons. The fraction of sp³-hybridized carbons (Fsp3) is 1.00. The van der Waals surface area contributed by atoms with Crippen molar-refractivity contribution < 1.29 is 43.9 Å². The summed E-state index contributed by atoms with van der Waals surface area (Å²) in [5, 5.41) is 0. The Balaban J connectivity index is 0.000000488. The molecule has 0 heterocycles. The maximum Gasteiger partial charge on any atom is 0.394 e. The second-order valence-corrected chi connectivity index (χ2v) is 35.2. The molecule has 0 aliphatic heterocycles. The van der Waals surface area contributed by atoms with Crippen LogP contribution in [0.2, 0.25) is 0 Å². The van der Waals surface area contributed by atoms with Gasteiger partial charge in [-0.05, 0) is 190 Å². The van der Waals surface area contributed by atoms with Crippen LogP contribution in [0.3, 0.4) is 0 Å². The predicted octanol–water partition coefficient (Wildman–Crippen LogP) is 29.1. The summed E-state index contributed by atoms with van der Waals surface area (Å²) in [5.74, 6) is -0.726. The van der Waals surface area contributed by atoms with E-state index in [-0.39, 0.29) is 12.8 Å². The van der Waals surface area contributed by atoms with E-state index in [9.17, 15) is 43.9 Å². The van der Waals surface area contributed by atoms with Gasteiger partial charge >= 0.3 is 6.18 Å². The molecule has 0 radical (unpaired) electrons. The van der Waals surface area contributed by atoms with Crippen molar-refractivity contribution in [2.75, 3.05) is 0 Å². The van der Waals surface area contributed by atoms with Gasteiger partial charge < -0.3 is 0 Å². The molecule has 11 saturated carbocycles. The van der Waals surface area contributed by atoms with Gasteiger partial charge in [-0.25, -0.2) is 30.7 Å². The van der Waals surface area contributed by atoms with Crippen molar-refractivity contribution in [2.24, 2.45) is 72.9 Å². The molecule has 4 atom stereocenters. The third-order valence-corrected chi connectivity index (χ3v) is 24.2. The molecule has 0 bridgehead atoms. The van der Waals surface area contributed by atoms with E-state index >= 15 is 0 Å². The molecule has 11 aliphatic carbocycles. The van der Waals surface area contributed by atoms with Crippen LogP contribution in [-0.2, 0) is 0 Å². The first-order chi connectivity index (χ1) is 40.4. The molecule has 0 aromatic carbocycles. The highest BCUT2D eigenvalue weighted by Gasteiger charge is 2.52. The monoisotopic (exact) mass is 1270 g/mol. The average Bonchev–Trinajstić information content (AvgIpc) is 4.15. The van der Waals surface area contributed by atoms with Gasteiger partial charge in [0, 0.05) is 18.8 Å². The van der Waals surface area contributed by atoms with Crippen LogP contribution in [0.1, 0.15) is 382 Å². The normalized spacial score (nSPS) is 34.0. The van der Waals surface area contributed by atoms with Crippen molar-refractivity contribution in [3.63, 3.8) is 0 Å². The number of hydrogen-bond acceptors (Lipinski definition) is 0. The Bertz CT molecular complexity index is 1640. The maximum absolute atomic E-state index is 12.6. The number of hydrogen-bond donors (Lipinski definition) is 0. The summed E-state index contributed by atoms with van der Waals surface area (Å²) in [6, 6.07) is 0. The standard InChI is InChI=1S/C9H15F3.3C8H16.C7H9F5.C7H12F2.2C7H14.2C6H12.C5H10/c1-7-3-5-8(2,6-4-7)9(10,11)12;1-7-3-5-8(2)6-4-7;2*1-3-8(2)6-4-5-7-8;1-2-3(8)5(10)7(12)6(11)4(2)9;1-6-2-4-7(8,9)5-3-6;1-7(2)5-3-4-6-7;1-3-7(2)5-4-6-7;1-6(2)4-3-5-6;1-3-6(2)4-5-6;1-5(2)3-4-5/h7H,3-6H2,1-2H3;7-8H,3-6H2,1-2H3;2*3-7H2,1-2H3;2-7H,1H3;6H,2-5H2,1H3;2*3-6H2,1-2H3;2*3-5H2,1-2H3;3-4H2,1-2H3. The highest BCUT2D eigenvalue weighted by molar-refractivity contribution is 4.98. The van der Waals surface area contributed by atoms with Crippen molar-refractivity contribution in [3.05, 3.63) is 0 Å². The van der Waals surface area contributed by atoms with Crippen molar-refractivity contribution in [1.82, 2.24) is 0 Å².